The molecule has 2 aromatic rings. The van der Waals surface area contributed by atoms with Crippen LogP contribution in [0.2, 0.25) is 0 Å². The van der Waals surface area contributed by atoms with E-state index in [4.69, 9.17) is 4.74 Å². The van der Waals surface area contributed by atoms with Gasteiger partial charge in [0.15, 0.2) is 12.6 Å². The Kier molecular flexibility index (Phi) is 4.01. The van der Waals surface area contributed by atoms with E-state index in [9.17, 15) is 19.8 Å². The number of ether oxygens (including phenoxy) is 1. The van der Waals surface area contributed by atoms with Crippen LogP contribution in [0.15, 0.2) is 18.2 Å². The van der Waals surface area contributed by atoms with Gasteiger partial charge in [-0.15, -0.1) is 0 Å². The molecule has 5 nitrogen and oxygen atoms in total. The molecule has 0 fully saturated rings. The van der Waals surface area contributed by atoms with Gasteiger partial charge in [0.25, 0.3) is 0 Å². The maximum atomic E-state index is 11.4. The molecule has 1 aliphatic rings. The van der Waals surface area contributed by atoms with Crippen molar-refractivity contribution in [1.29, 1.82) is 0 Å². The summed E-state index contributed by atoms with van der Waals surface area (Å²) in [5, 5.41) is 20.3. The van der Waals surface area contributed by atoms with Crippen molar-refractivity contribution in [3.63, 3.8) is 0 Å². The number of carbonyl (C=O) groups is 2. The summed E-state index contributed by atoms with van der Waals surface area (Å²) in [6.07, 6.45) is 1.56. The maximum Gasteiger partial charge on any atom is 0.157 e. The molecular weight excluding hydrogens is 308 g/mol. The molecule has 1 unspecified atom stereocenters. The quantitative estimate of drug-likeness (QED) is 0.845. The zero-order valence-electron chi connectivity index (χ0n) is 13.5. The van der Waals surface area contributed by atoms with E-state index in [0.29, 0.717) is 31.0 Å². The van der Waals surface area contributed by atoms with Crippen LogP contribution in [0, 0.1) is 13.8 Å². The monoisotopic (exact) mass is 326 g/mol. The van der Waals surface area contributed by atoms with Crippen LogP contribution in [0.4, 0.5) is 0 Å². The molecule has 0 saturated carbocycles. The summed E-state index contributed by atoms with van der Waals surface area (Å²) >= 11 is 0. The Hall–Kier alpha value is -2.82. The van der Waals surface area contributed by atoms with Gasteiger partial charge in [-0.25, -0.2) is 0 Å². The highest BCUT2D eigenvalue weighted by atomic mass is 16.5. The van der Waals surface area contributed by atoms with E-state index >= 15 is 0 Å². The number of hydrogen-bond acceptors (Lipinski definition) is 5. The number of aromatic hydroxyl groups is 2. The van der Waals surface area contributed by atoms with Crippen molar-refractivity contribution in [2.45, 2.75) is 32.8 Å². The Bertz CT molecular complexity index is 838. The van der Waals surface area contributed by atoms with E-state index in [0.717, 1.165) is 16.7 Å². The zero-order valence-corrected chi connectivity index (χ0v) is 13.5. The molecular formula is C19H18O5. The minimum absolute atomic E-state index is 0.0978. The van der Waals surface area contributed by atoms with Gasteiger partial charge in [-0.05, 0) is 37.8 Å². The highest BCUT2D eigenvalue weighted by Gasteiger charge is 2.31. The minimum Gasteiger partial charge on any atom is -0.507 e. The first kappa shape index (κ1) is 16.1. The first-order valence-electron chi connectivity index (χ1n) is 7.72. The summed E-state index contributed by atoms with van der Waals surface area (Å²) < 4.78 is 5.95. The Balaban J connectivity index is 2.10. The second kappa shape index (κ2) is 6.00. The third-order valence-electron chi connectivity index (χ3n) is 4.49. The molecule has 2 N–H and O–H groups in total. The molecule has 0 aromatic heterocycles. The molecule has 24 heavy (non-hydrogen) atoms. The predicted molar refractivity (Wildman–Crippen MR) is 88.2 cm³/mol. The van der Waals surface area contributed by atoms with Gasteiger partial charge in [-0.2, -0.15) is 0 Å². The van der Waals surface area contributed by atoms with Crippen LogP contribution in [-0.4, -0.2) is 22.8 Å². The lowest BCUT2D eigenvalue weighted by Gasteiger charge is -2.29. The summed E-state index contributed by atoms with van der Waals surface area (Å²) in [6, 6.07) is 6.03. The fourth-order valence-electron chi connectivity index (χ4n) is 3.27. The topological polar surface area (TPSA) is 83.8 Å². The number of phenolic OH excluding ortho intramolecular Hbond substituents is 2. The average molecular weight is 326 g/mol. The van der Waals surface area contributed by atoms with Crippen LogP contribution in [0.25, 0.3) is 0 Å². The first-order valence-corrected chi connectivity index (χ1v) is 7.72. The molecule has 1 aliphatic heterocycles. The second-order valence-corrected chi connectivity index (χ2v) is 6.07. The van der Waals surface area contributed by atoms with Crippen molar-refractivity contribution >= 4 is 12.6 Å². The molecule has 5 heteroatoms. The lowest BCUT2D eigenvalue weighted by Crippen LogP contribution is -2.18. The molecule has 0 amide bonds. The lowest BCUT2D eigenvalue weighted by molar-refractivity contribution is 0.110. The summed E-state index contributed by atoms with van der Waals surface area (Å²) in [6.45, 7) is 4.00. The van der Waals surface area contributed by atoms with Gasteiger partial charge in [-0.3, -0.25) is 9.59 Å². The summed E-state index contributed by atoms with van der Waals surface area (Å²) in [4.78, 5) is 22.5. The van der Waals surface area contributed by atoms with Crippen LogP contribution >= 0.6 is 0 Å². The van der Waals surface area contributed by atoms with E-state index in [1.54, 1.807) is 0 Å². The van der Waals surface area contributed by atoms with Crippen LogP contribution in [0.1, 0.15) is 55.5 Å². The molecule has 3 rings (SSSR count). The Labute approximate surface area is 139 Å². The smallest absolute Gasteiger partial charge is 0.157 e. The van der Waals surface area contributed by atoms with Crippen molar-refractivity contribution in [2.75, 3.05) is 0 Å². The average Bonchev–Trinajstić information content (AvgIpc) is 2.55. The van der Waals surface area contributed by atoms with Gasteiger partial charge in [0, 0.05) is 5.56 Å². The number of aldehydes is 2. The van der Waals surface area contributed by atoms with E-state index in [1.807, 2.05) is 26.0 Å². The lowest BCUT2D eigenvalue weighted by atomic mass is 9.91. The van der Waals surface area contributed by atoms with Crippen molar-refractivity contribution in [3.8, 4) is 17.2 Å². The Morgan fingerprint density at radius 2 is 1.79 bits per heavy atom. The number of phenols is 2. The molecule has 0 bridgehead atoms. The Morgan fingerprint density at radius 1 is 1.08 bits per heavy atom. The van der Waals surface area contributed by atoms with Crippen LogP contribution < -0.4 is 4.74 Å². The molecule has 0 saturated heterocycles. The number of benzene rings is 2. The number of carbonyl (C=O) groups excluding carboxylic acids is 2. The number of hydrogen-bond donors (Lipinski definition) is 2. The van der Waals surface area contributed by atoms with Gasteiger partial charge in [0.1, 0.15) is 23.4 Å². The van der Waals surface area contributed by atoms with E-state index in [2.05, 4.69) is 6.07 Å². The van der Waals surface area contributed by atoms with Crippen molar-refractivity contribution in [3.05, 3.63) is 51.6 Å². The van der Waals surface area contributed by atoms with Crippen LogP contribution in [0.3, 0.4) is 0 Å². The van der Waals surface area contributed by atoms with Crippen LogP contribution in [0.5, 0.6) is 17.2 Å². The molecule has 124 valence electrons. The van der Waals surface area contributed by atoms with Crippen molar-refractivity contribution < 1.29 is 24.5 Å². The number of fused-ring (bicyclic) bond motifs is 1. The van der Waals surface area contributed by atoms with E-state index in [-0.39, 0.29) is 28.7 Å². The SMILES string of the molecule is Cc1ccc(C2CCc3c(O)c(C=O)c(O)c(C=O)c3O2)c(C)c1. The van der Waals surface area contributed by atoms with Crippen molar-refractivity contribution in [1.82, 2.24) is 0 Å². The molecule has 2 aromatic carbocycles. The predicted octanol–water partition coefficient (Wildman–Crippen LogP) is 3.41. The maximum absolute atomic E-state index is 11.4. The second-order valence-electron chi connectivity index (χ2n) is 6.07. The highest BCUT2D eigenvalue weighted by Crippen LogP contribution is 2.47. The molecule has 0 spiro atoms. The third kappa shape index (κ3) is 2.42. The van der Waals surface area contributed by atoms with Gasteiger partial charge in [-0.1, -0.05) is 23.8 Å². The van der Waals surface area contributed by atoms with Gasteiger partial charge in [0.05, 0.1) is 11.1 Å². The molecule has 0 radical (unpaired) electrons. The standard InChI is InChI=1S/C19H18O5/c1-10-3-4-12(11(2)7-10)16-6-5-13-17(22)14(8-20)18(23)15(9-21)19(13)24-16/h3-4,7-9,16,22-23H,5-6H2,1-2H3. The molecule has 1 heterocycles. The molecule has 0 aliphatic carbocycles. The summed E-state index contributed by atoms with van der Waals surface area (Å²) in [5.41, 5.74) is 3.24. The largest absolute Gasteiger partial charge is 0.507 e. The summed E-state index contributed by atoms with van der Waals surface area (Å²) in [7, 11) is 0. The fourth-order valence-corrected chi connectivity index (χ4v) is 3.27. The van der Waals surface area contributed by atoms with Crippen molar-refractivity contribution in [2.24, 2.45) is 0 Å². The van der Waals surface area contributed by atoms with Gasteiger partial charge in [0.2, 0.25) is 0 Å². The highest BCUT2D eigenvalue weighted by molar-refractivity contribution is 5.95. The fraction of sp³-hybridized carbons (Fsp3) is 0.263. The summed E-state index contributed by atoms with van der Waals surface area (Å²) in [5.74, 6) is -0.707. The van der Waals surface area contributed by atoms with Gasteiger partial charge < -0.3 is 14.9 Å². The third-order valence-corrected chi connectivity index (χ3v) is 4.49. The first-order chi connectivity index (χ1) is 11.5. The van der Waals surface area contributed by atoms with Gasteiger partial charge >= 0.3 is 0 Å². The molecule has 1 atom stereocenters. The Morgan fingerprint density at radius 3 is 2.42 bits per heavy atom. The van der Waals surface area contributed by atoms with E-state index in [1.165, 1.54) is 0 Å². The normalized spacial score (nSPS) is 16.2. The number of aryl methyl sites for hydroxylation is 2. The van der Waals surface area contributed by atoms with E-state index < -0.39 is 5.75 Å². The van der Waals surface area contributed by atoms with Crippen LogP contribution in [-0.2, 0) is 6.42 Å². The zero-order chi connectivity index (χ0) is 17.4. The number of rotatable bonds is 3. The minimum atomic E-state index is -0.544.